The molecule has 2 heterocycles. The SMILES string of the molecule is CC(N)Cc1[nH]nc2ccc3c(c12)C[C@H](O)CO3. The van der Waals surface area contributed by atoms with Crippen molar-refractivity contribution in [3.05, 3.63) is 23.4 Å². The first-order chi connectivity index (χ1) is 8.65. The van der Waals surface area contributed by atoms with E-state index in [1.165, 1.54) is 0 Å². The van der Waals surface area contributed by atoms with Crippen LogP contribution >= 0.6 is 0 Å². The normalized spacial score (nSPS) is 20.5. The van der Waals surface area contributed by atoms with Crippen LogP contribution in [0, 0.1) is 0 Å². The van der Waals surface area contributed by atoms with E-state index in [0.717, 1.165) is 34.3 Å². The Hall–Kier alpha value is -1.59. The molecule has 5 nitrogen and oxygen atoms in total. The molecule has 2 atom stereocenters. The van der Waals surface area contributed by atoms with Crippen molar-refractivity contribution in [1.82, 2.24) is 10.2 Å². The highest BCUT2D eigenvalue weighted by molar-refractivity contribution is 5.87. The fourth-order valence-electron chi connectivity index (χ4n) is 2.52. The number of benzene rings is 1. The predicted octanol–water partition coefficient (Wildman–Crippen LogP) is 0.748. The number of hydrogen-bond donors (Lipinski definition) is 3. The van der Waals surface area contributed by atoms with Gasteiger partial charge in [0.05, 0.1) is 11.6 Å². The number of aliphatic hydroxyl groups is 1. The van der Waals surface area contributed by atoms with Crippen LogP contribution in [0.1, 0.15) is 18.2 Å². The first kappa shape index (κ1) is 11.5. The molecule has 0 aliphatic carbocycles. The van der Waals surface area contributed by atoms with Crippen LogP contribution in [0.25, 0.3) is 10.9 Å². The molecule has 0 saturated heterocycles. The van der Waals surface area contributed by atoms with Gasteiger partial charge in [-0.1, -0.05) is 0 Å². The van der Waals surface area contributed by atoms with Crippen molar-refractivity contribution >= 4 is 10.9 Å². The van der Waals surface area contributed by atoms with Crippen molar-refractivity contribution < 1.29 is 9.84 Å². The highest BCUT2D eigenvalue weighted by atomic mass is 16.5. The maximum atomic E-state index is 9.75. The van der Waals surface area contributed by atoms with Gasteiger partial charge in [0.1, 0.15) is 12.4 Å². The third-order valence-electron chi connectivity index (χ3n) is 3.26. The Morgan fingerprint density at radius 1 is 1.61 bits per heavy atom. The quantitative estimate of drug-likeness (QED) is 0.731. The number of nitrogens with two attached hydrogens (primary N) is 1. The minimum atomic E-state index is -0.443. The molecule has 1 aliphatic heterocycles. The molecule has 4 N–H and O–H groups in total. The van der Waals surface area contributed by atoms with Crippen molar-refractivity contribution in [1.29, 1.82) is 0 Å². The largest absolute Gasteiger partial charge is 0.491 e. The van der Waals surface area contributed by atoms with Crippen LogP contribution in [0.2, 0.25) is 0 Å². The summed E-state index contributed by atoms with van der Waals surface area (Å²) in [6, 6.07) is 3.92. The van der Waals surface area contributed by atoms with Gasteiger partial charge in [0, 0.05) is 35.5 Å². The third kappa shape index (κ3) is 1.85. The third-order valence-corrected chi connectivity index (χ3v) is 3.26. The second-order valence-corrected chi connectivity index (χ2v) is 4.99. The number of nitrogens with one attached hydrogen (secondary N) is 1. The van der Waals surface area contributed by atoms with Crippen LogP contribution in [-0.4, -0.2) is 34.1 Å². The van der Waals surface area contributed by atoms with Crippen LogP contribution in [0.3, 0.4) is 0 Å². The molecule has 1 aromatic carbocycles. The zero-order valence-corrected chi connectivity index (χ0v) is 10.3. The molecular formula is C13H17N3O2. The molecular weight excluding hydrogens is 230 g/mol. The highest BCUT2D eigenvalue weighted by Gasteiger charge is 2.22. The number of rotatable bonds is 2. The molecule has 18 heavy (non-hydrogen) atoms. The van der Waals surface area contributed by atoms with E-state index < -0.39 is 6.10 Å². The van der Waals surface area contributed by atoms with Gasteiger partial charge in [0.15, 0.2) is 0 Å². The molecule has 0 spiro atoms. The lowest BCUT2D eigenvalue weighted by Crippen LogP contribution is -2.25. The summed E-state index contributed by atoms with van der Waals surface area (Å²) in [6.45, 7) is 2.33. The first-order valence-electron chi connectivity index (χ1n) is 6.20. The summed E-state index contributed by atoms with van der Waals surface area (Å²) in [6.07, 6.45) is 0.905. The van der Waals surface area contributed by atoms with Gasteiger partial charge >= 0.3 is 0 Å². The molecule has 0 radical (unpaired) electrons. The van der Waals surface area contributed by atoms with Crippen LogP contribution in [0.5, 0.6) is 5.75 Å². The Kier molecular flexibility index (Phi) is 2.72. The monoisotopic (exact) mass is 247 g/mol. The van der Waals surface area contributed by atoms with Crippen molar-refractivity contribution in [2.45, 2.75) is 31.9 Å². The zero-order valence-electron chi connectivity index (χ0n) is 10.3. The van der Waals surface area contributed by atoms with Gasteiger partial charge in [-0.05, 0) is 19.1 Å². The molecule has 0 fully saturated rings. The summed E-state index contributed by atoms with van der Waals surface area (Å²) in [5.74, 6) is 0.847. The van der Waals surface area contributed by atoms with Gasteiger partial charge in [-0.2, -0.15) is 5.10 Å². The van der Waals surface area contributed by atoms with Crippen LogP contribution in [0.4, 0.5) is 0 Å². The topological polar surface area (TPSA) is 84.2 Å². The summed E-state index contributed by atoms with van der Waals surface area (Å²) < 4.78 is 5.55. The Labute approximate surface area is 105 Å². The molecule has 0 bridgehead atoms. The van der Waals surface area contributed by atoms with Gasteiger partial charge in [0.2, 0.25) is 0 Å². The van der Waals surface area contributed by atoms with E-state index in [-0.39, 0.29) is 6.04 Å². The molecule has 2 aromatic rings. The molecule has 96 valence electrons. The second kappa shape index (κ2) is 4.26. The molecule has 1 aliphatic rings. The van der Waals surface area contributed by atoms with Gasteiger partial charge in [-0.25, -0.2) is 0 Å². The lowest BCUT2D eigenvalue weighted by molar-refractivity contribution is 0.0927. The summed E-state index contributed by atoms with van der Waals surface area (Å²) in [4.78, 5) is 0. The smallest absolute Gasteiger partial charge is 0.123 e. The number of aromatic amines is 1. The lowest BCUT2D eigenvalue weighted by atomic mass is 9.97. The number of ether oxygens (including phenoxy) is 1. The van der Waals surface area contributed by atoms with Crippen molar-refractivity contribution in [2.75, 3.05) is 6.61 Å². The van der Waals surface area contributed by atoms with E-state index in [4.69, 9.17) is 10.5 Å². The van der Waals surface area contributed by atoms with E-state index in [9.17, 15) is 5.11 Å². The predicted molar refractivity (Wildman–Crippen MR) is 68.7 cm³/mol. The summed E-state index contributed by atoms with van der Waals surface area (Å²) >= 11 is 0. The maximum absolute atomic E-state index is 9.75. The first-order valence-corrected chi connectivity index (χ1v) is 6.20. The Morgan fingerprint density at radius 3 is 3.22 bits per heavy atom. The second-order valence-electron chi connectivity index (χ2n) is 4.99. The van der Waals surface area contributed by atoms with Gasteiger partial charge in [-0.15, -0.1) is 0 Å². The average Bonchev–Trinajstić information content (AvgIpc) is 2.72. The number of aromatic nitrogens is 2. The molecule has 3 rings (SSSR count). The number of nitrogens with zero attached hydrogens (tertiary/aromatic N) is 1. The Balaban J connectivity index is 2.16. The number of hydrogen-bond acceptors (Lipinski definition) is 4. The molecule has 0 saturated carbocycles. The fourth-order valence-corrected chi connectivity index (χ4v) is 2.52. The van der Waals surface area contributed by atoms with Gasteiger partial charge in [0.25, 0.3) is 0 Å². The molecule has 1 unspecified atom stereocenters. The average molecular weight is 247 g/mol. The summed E-state index contributed by atoms with van der Waals surface area (Å²) in [7, 11) is 0. The van der Waals surface area contributed by atoms with Crippen molar-refractivity contribution in [3.63, 3.8) is 0 Å². The molecule has 1 aromatic heterocycles. The van der Waals surface area contributed by atoms with E-state index in [1.54, 1.807) is 0 Å². The Morgan fingerprint density at radius 2 is 2.44 bits per heavy atom. The van der Waals surface area contributed by atoms with Crippen LogP contribution < -0.4 is 10.5 Å². The van der Waals surface area contributed by atoms with E-state index >= 15 is 0 Å². The van der Waals surface area contributed by atoms with Gasteiger partial charge < -0.3 is 15.6 Å². The molecule has 0 amide bonds. The van der Waals surface area contributed by atoms with E-state index in [0.29, 0.717) is 13.0 Å². The van der Waals surface area contributed by atoms with E-state index in [2.05, 4.69) is 10.2 Å². The zero-order chi connectivity index (χ0) is 12.7. The Bertz CT molecular complexity index is 577. The van der Waals surface area contributed by atoms with Crippen LogP contribution in [-0.2, 0) is 12.8 Å². The summed E-state index contributed by atoms with van der Waals surface area (Å²) in [5, 5.41) is 18.1. The van der Waals surface area contributed by atoms with Gasteiger partial charge in [-0.3, -0.25) is 5.10 Å². The fraction of sp³-hybridized carbons (Fsp3) is 0.462. The molecule has 5 heteroatoms. The standard InChI is InChI=1S/C13H17N3O2/c1-7(14)4-11-13-9-5-8(17)6-18-12(9)3-2-10(13)15-16-11/h2-3,7-8,17H,4-6,14H2,1H3,(H,15,16)/t7?,8-/m0/s1. The number of aliphatic hydroxyl groups excluding tert-OH is 1. The van der Waals surface area contributed by atoms with E-state index in [1.807, 2.05) is 19.1 Å². The number of H-pyrrole nitrogens is 1. The van der Waals surface area contributed by atoms with Crippen molar-refractivity contribution in [3.8, 4) is 5.75 Å². The maximum Gasteiger partial charge on any atom is 0.123 e. The minimum absolute atomic E-state index is 0.0685. The lowest BCUT2D eigenvalue weighted by Gasteiger charge is -2.22. The minimum Gasteiger partial charge on any atom is -0.491 e. The van der Waals surface area contributed by atoms with Crippen molar-refractivity contribution in [2.24, 2.45) is 5.73 Å². The summed E-state index contributed by atoms with van der Waals surface area (Å²) in [5.41, 5.74) is 8.81. The van der Waals surface area contributed by atoms with Crippen LogP contribution in [0.15, 0.2) is 12.1 Å². The number of fused-ring (bicyclic) bond motifs is 3. The highest BCUT2D eigenvalue weighted by Crippen LogP contribution is 2.33.